The zero-order chi connectivity index (χ0) is 6.57. The molecule has 0 aliphatic carbocycles. The van der Waals surface area contributed by atoms with Crippen molar-refractivity contribution in [1.29, 1.82) is 0 Å². The van der Waals surface area contributed by atoms with Gasteiger partial charge in [-0.3, -0.25) is 0 Å². The van der Waals surface area contributed by atoms with Gasteiger partial charge in [0.15, 0.2) is 0 Å². The quantitative estimate of drug-likeness (QED) is 0.364. The first kappa shape index (κ1) is 4.40. The third-order valence-electron chi connectivity index (χ3n) is 0.319. The van der Waals surface area contributed by atoms with Crippen LogP contribution in [0, 0.1) is 0 Å². The average molecular weight is 98.9 g/mol. The van der Waals surface area contributed by atoms with Crippen LogP contribution in [0.3, 0.4) is 0 Å². The molecule has 0 spiro atoms. The van der Waals surface area contributed by atoms with E-state index in [-0.39, 0.29) is 0 Å². The fraction of sp³-hybridized carbons (Fsp3) is 0. The molecule has 0 aliphatic heterocycles. The van der Waals surface area contributed by atoms with E-state index in [0.29, 0.717) is 7.62 Å². The molecule has 0 bridgehead atoms. The number of hydrogen-bond acceptors (Lipinski definition) is 3. The van der Waals surface area contributed by atoms with Gasteiger partial charge in [-0.1, -0.05) is 6.58 Å². The van der Waals surface area contributed by atoms with Crippen LogP contribution < -0.4 is 5.64 Å². The molecule has 4 heteroatoms. The van der Waals surface area contributed by atoms with Crippen LogP contribution in [0.1, 0.15) is 1.37 Å². The molecule has 0 saturated heterocycles. The Morgan fingerprint density at radius 3 is 3.00 bits per heavy atom. The van der Waals surface area contributed by atoms with Gasteiger partial charge in [0.25, 0.3) is 0 Å². The third-order valence-corrected chi connectivity index (χ3v) is 0.319. The summed E-state index contributed by atoms with van der Waals surface area (Å²) in [6, 6.07) is -0.410. The molecule has 0 aliphatic rings. The average Bonchev–Trinajstić information content (AvgIpc) is 1.67. The second-order valence-electron chi connectivity index (χ2n) is 0.718. The Balaban J connectivity index is 3.49. The predicted octanol–water partition coefficient (Wildman–Crippen LogP) is -0.792. The van der Waals surface area contributed by atoms with Crippen LogP contribution >= 0.6 is 0 Å². The van der Waals surface area contributed by atoms with Crippen molar-refractivity contribution in [3.63, 3.8) is 0 Å². The highest BCUT2D eigenvalue weighted by Crippen LogP contribution is 1.69. The van der Waals surface area contributed by atoms with E-state index in [9.17, 15) is 4.79 Å². The summed E-state index contributed by atoms with van der Waals surface area (Å²) in [6.45, 7) is 2.99. The summed E-state index contributed by atoms with van der Waals surface area (Å²) in [6.07, 6.45) is 0. The molecule has 0 heterocycles. The van der Waals surface area contributed by atoms with E-state index >= 15 is 0 Å². The standard InChI is InChI=1S/C3H5BNO2/c1-2-3(6)7-4-5/h2H,1,5H2/i2D. The first-order chi connectivity index (χ1) is 3.68. The summed E-state index contributed by atoms with van der Waals surface area (Å²) in [5, 5.41) is 0. The Morgan fingerprint density at radius 1 is 2.29 bits per heavy atom. The van der Waals surface area contributed by atoms with Gasteiger partial charge < -0.3 is 10.3 Å². The van der Waals surface area contributed by atoms with Crippen LogP contribution in [0.5, 0.6) is 0 Å². The molecule has 0 unspecified atom stereocenters. The van der Waals surface area contributed by atoms with Crippen molar-refractivity contribution in [1.82, 2.24) is 0 Å². The summed E-state index contributed by atoms with van der Waals surface area (Å²) in [5.74, 6) is -0.826. The van der Waals surface area contributed by atoms with Crippen molar-refractivity contribution in [2.45, 2.75) is 0 Å². The maximum absolute atomic E-state index is 10.1. The van der Waals surface area contributed by atoms with Crippen molar-refractivity contribution in [2.75, 3.05) is 0 Å². The fourth-order valence-electron chi connectivity index (χ4n) is 0.103. The van der Waals surface area contributed by atoms with E-state index in [1.807, 2.05) is 0 Å². The molecule has 0 amide bonds. The second kappa shape index (κ2) is 3.43. The molecule has 7 heavy (non-hydrogen) atoms. The fourth-order valence-corrected chi connectivity index (χ4v) is 0.103. The highest BCUT2D eigenvalue weighted by Gasteiger charge is 1.89. The Labute approximate surface area is 43.8 Å². The van der Waals surface area contributed by atoms with Crippen molar-refractivity contribution < 1.29 is 10.8 Å². The van der Waals surface area contributed by atoms with Crippen LogP contribution in [0.25, 0.3) is 0 Å². The maximum atomic E-state index is 10.1. The van der Waals surface area contributed by atoms with Crippen LogP contribution in [-0.4, -0.2) is 13.6 Å². The second-order valence-corrected chi connectivity index (χ2v) is 0.718. The third kappa shape index (κ3) is 3.05. The van der Waals surface area contributed by atoms with Gasteiger partial charge in [0.1, 0.15) is 0 Å². The van der Waals surface area contributed by atoms with Gasteiger partial charge >= 0.3 is 13.6 Å². The van der Waals surface area contributed by atoms with Crippen molar-refractivity contribution in [3.05, 3.63) is 12.6 Å². The largest absolute Gasteiger partial charge is 0.518 e. The summed E-state index contributed by atoms with van der Waals surface area (Å²) < 4.78 is 10.6. The van der Waals surface area contributed by atoms with Gasteiger partial charge in [0.2, 0.25) is 0 Å². The number of carbonyl (C=O) groups is 1. The van der Waals surface area contributed by atoms with E-state index in [0.717, 1.165) is 0 Å². The molecule has 0 saturated carbocycles. The van der Waals surface area contributed by atoms with Crippen molar-refractivity contribution in [2.24, 2.45) is 5.64 Å². The molecule has 0 atom stereocenters. The number of carbonyl (C=O) groups excluding carboxylic acids is 1. The molecule has 2 N–H and O–H groups in total. The Morgan fingerprint density at radius 2 is 2.86 bits per heavy atom. The molecule has 0 aromatic carbocycles. The molecule has 0 aromatic heterocycles. The molecular weight excluding hydrogens is 92.9 g/mol. The lowest BCUT2D eigenvalue weighted by Gasteiger charge is -1.88. The molecule has 0 fully saturated rings. The summed E-state index contributed by atoms with van der Waals surface area (Å²) in [4.78, 5) is 10.1. The van der Waals surface area contributed by atoms with E-state index in [4.69, 9.17) is 1.37 Å². The predicted molar refractivity (Wildman–Crippen MR) is 26.2 cm³/mol. The zero-order valence-corrected chi connectivity index (χ0v) is 3.68. The van der Waals surface area contributed by atoms with Gasteiger partial charge in [0, 0.05) is 6.05 Å². The molecule has 3 nitrogen and oxygen atoms in total. The lowest BCUT2D eigenvalue weighted by Crippen LogP contribution is -2.13. The van der Waals surface area contributed by atoms with Gasteiger partial charge in [-0.2, -0.15) is 0 Å². The minimum absolute atomic E-state index is 0.410. The topological polar surface area (TPSA) is 52.3 Å². The molecule has 1 radical (unpaired) electrons. The van der Waals surface area contributed by atoms with Crippen LogP contribution in [0.4, 0.5) is 0 Å². The SMILES string of the molecule is [2H]C(=C)C(=O)O[B]N. The first-order valence-corrected chi connectivity index (χ1v) is 1.58. The van der Waals surface area contributed by atoms with Gasteiger partial charge in [-0.25, -0.2) is 4.79 Å². The summed E-state index contributed by atoms with van der Waals surface area (Å²) in [5.41, 5.74) is 4.67. The summed E-state index contributed by atoms with van der Waals surface area (Å²) >= 11 is 0. The highest BCUT2D eigenvalue weighted by atomic mass is 16.5. The molecule has 0 rings (SSSR count). The van der Waals surface area contributed by atoms with Gasteiger partial charge in [0.05, 0.1) is 1.37 Å². The monoisotopic (exact) mass is 99.0 g/mol. The molecular formula is C3H5BNO2. The van der Waals surface area contributed by atoms with E-state index in [1.54, 1.807) is 0 Å². The molecule has 37 valence electrons. The number of hydrogen-bond donors (Lipinski definition) is 1. The van der Waals surface area contributed by atoms with Gasteiger partial charge in [-0.15, -0.1) is 0 Å². The lowest BCUT2D eigenvalue weighted by atomic mass is 10.3. The normalized spacial score (nSPS) is 9.00. The van der Waals surface area contributed by atoms with Crippen LogP contribution in [-0.2, 0) is 9.45 Å². The van der Waals surface area contributed by atoms with Crippen LogP contribution in [0.2, 0.25) is 0 Å². The Kier molecular flexibility index (Phi) is 2.15. The number of rotatable bonds is 2. The lowest BCUT2D eigenvalue weighted by molar-refractivity contribution is -0.128. The van der Waals surface area contributed by atoms with E-state index < -0.39 is 12.0 Å². The van der Waals surface area contributed by atoms with Crippen LogP contribution in [0.15, 0.2) is 12.6 Å². The Hall–Kier alpha value is -0.765. The van der Waals surface area contributed by atoms with Crippen molar-refractivity contribution in [3.8, 4) is 0 Å². The van der Waals surface area contributed by atoms with E-state index in [1.165, 1.54) is 0 Å². The Bertz CT molecular complexity index is 116. The smallest absolute Gasteiger partial charge is 0.476 e. The minimum atomic E-state index is -0.826. The minimum Gasteiger partial charge on any atom is -0.518 e. The number of nitrogens with two attached hydrogens (primary N) is 1. The first-order valence-electron chi connectivity index (χ1n) is 2.08. The summed E-state index contributed by atoms with van der Waals surface area (Å²) in [7, 11) is 0.710. The maximum Gasteiger partial charge on any atom is 0.476 e. The van der Waals surface area contributed by atoms with E-state index in [2.05, 4.69) is 16.9 Å². The zero-order valence-electron chi connectivity index (χ0n) is 4.68. The van der Waals surface area contributed by atoms with Gasteiger partial charge in [-0.05, 0) is 0 Å². The van der Waals surface area contributed by atoms with Crippen molar-refractivity contribution >= 4 is 13.6 Å². The highest BCUT2D eigenvalue weighted by molar-refractivity contribution is 6.26. The molecule has 0 aromatic rings.